The maximum atomic E-state index is 4.44. The van der Waals surface area contributed by atoms with Crippen molar-refractivity contribution in [3.63, 3.8) is 0 Å². The molecule has 1 aromatic carbocycles. The Kier molecular flexibility index (Phi) is 2.53. The van der Waals surface area contributed by atoms with E-state index in [9.17, 15) is 0 Å². The lowest BCUT2D eigenvalue weighted by Crippen LogP contribution is -1.99. The molecule has 0 saturated carbocycles. The molecule has 4 nitrogen and oxygen atoms in total. The third-order valence-electron chi connectivity index (χ3n) is 2.56. The first kappa shape index (κ1) is 10.3. The van der Waals surface area contributed by atoms with E-state index in [1.54, 1.807) is 6.20 Å². The van der Waals surface area contributed by atoms with Crippen molar-refractivity contribution in [2.24, 2.45) is 0 Å². The molecular formula is C12H10N4S. The van der Waals surface area contributed by atoms with Crippen molar-refractivity contribution in [2.75, 3.05) is 6.26 Å². The van der Waals surface area contributed by atoms with E-state index in [1.807, 2.05) is 29.2 Å². The van der Waals surface area contributed by atoms with Crippen LogP contribution < -0.4 is 0 Å². The number of hydrogen-bond acceptors (Lipinski definition) is 4. The third kappa shape index (κ3) is 1.78. The predicted molar refractivity (Wildman–Crippen MR) is 68.4 cm³/mol. The van der Waals surface area contributed by atoms with Gasteiger partial charge in [0.1, 0.15) is 0 Å². The molecule has 0 aliphatic carbocycles. The first-order valence-electron chi connectivity index (χ1n) is 5.18. The highest BCUT2D eigenvalue weighted by Crippen LogP contribution is 2.19. The highest BCUT2D eigenvalue weighted by Gasteiger charge is 2.05. The summed E-state index contributed by atoms with van der Waals surface area (Å²) in [4.78, 5) is 4.44. The molecule has 0 fully saturated rings. The quantitative estimate of drug-likeness (QED) is 0.648. The summed E-state index contributed by atoms with van der Waals surface area (Å²) in [7, 11) is 0. The summed E-state index contributed by atoms with van der Waals surface area (Å²) < 4.78 is 2.02. The van der Waals surface area contributed by atoms with Gasteiger partial charge in [-0.2, -0.15) is 5.10 Å². The molecule has 3 aromatic rings. The summed E-state index contributed by atoms with van der Waals surface area (Å²) in [5.74, 6) is 0.797. The molecule has 3 rings (SSSR count). The molecule has 0 aliphatic rings. The van der Waals surface area contributed by atoms with Gasteiger partial charge in [-0.3, -0.25) is 4.57 Å². The Morgan fingerprint density at radius 2 is 2.06 bits per heavy atom. The van der Waals surface area contributed by atoms with Crippen LogP contribution >= 0.6 is 11.8 Å². The van der Waals surface area contributed by atoms with Gasteiger partial charge < -0.3 is 0 Å². The number of para-hydroxylation sites is 1. The molecule has 0 saturated heterocycles. The average molecular weight is 242 g/mol. The zero-order chi connectivity index (χ0) is 11.7. The van der Waals surface area contributed by atoms with Gasteiger partial charge in [-0.25, -0.2) is 4.98 Å². The SMILES string of the molecule is CSc1nncc(-n2ccc3ccccc32)n1. The van der Waals surface area contributed by atoms with E-state index < -0.39 is 0 Å². The zero-order valence-electron chi connectivity index (χ0n) is 9.24. The van der Waals surface area contributed by atoms with Gasteiger partial charge in [0, 0.05) is 6.20 Å². The van der Waals surface area contributed by atoms with Crippen LogP contribution in [0.5, 0.6) is 0 Å². The number of rotatable bonds is 2. The molecule has 2 heterocycles. The first-order valence-corrected chi connectivity index (χ1v) is 6.41. The van der Waals surface area contributed by atoms with Crippen LogP contribution in [-0.2, 0) is 0 Å². The van der Waals surface area contributed by atoms with Crippen LogP contribution in [0, 0.1) is 0 Å². The second kappa shape index (κ2) is 4.18. The fourth-order valence-corrected chi connectivity index (χ4v) is 2.08. The number of hydrogen-bond donors (Lipinski definition) is 0. The third-order valence-corrected chi connectivity index (χ3v) is 3.09. The molecule has 0 radical (unpaired) electrons. The molecule has 0 unspecified atom stereocenters. The normalized spacial score (nSPS) is 10.9. The Morgan fingerprint density at radius 3 is 2.94 bits per heavy atom. The standard InChI is InChI=1S/C12H10N4S/c1-17-12-14-11(8-13-15-12)16-7-6-9-4-2-3-5-10(9)16/h2-8H,1H3. The Bertz CT molecular complexity index is 662. The van der Waals surface area contributed by atoms with Crippen molar-refractivity contribution < 1.29 is 0 Å². The molecule has 84 valence electrons. The van der Waals surface area contributed by atoms with Crippen molar-refractivity contribution in [3.8, 4) is 5.82 Å². The first-order chi connectivity index (χ1) is 8.38. The van der Waals surface area contributed by atoms with Crippen LogP contribution in [0.15, 0.2) is 47.9 Å². The molecule has 0 N–H and O–H groups in total. The lowest BCUT2D eigenvalue weighted by molar-refractivity contribution is 0.809. The Labute approximate surface area is 103 Å². The molecule has 0 amide bonds. The average Bonchev–Trinajstić information content (AvgIpc) is 2.82. The Hall–Kier alpha value is -1.88. The van der Waals surface area contributed by atoms with Crippen LogP contribution in [-0.4, -0.2) is 26.0 Å². The number of nitrogens with zero attached hydrogens (tertiary/aromatic N) is 4. The minimum absolute atomic E-state index is 0.681. The molecule has 17 heavy (non-hydrogen) atoms. The predicted octanol–water partition coefficient (Wildman–Crippen LogP) is 2.54. The van der Waals surface area contributed by atoms with Crippen LogP contribution in [0.4, 0.5) is 0 Å². The number of fused-ring (bicyclic) bond motifs is 1. The molecule has 5 heteroatoms. The number of benzene rings is 1. The summed E-state index contributed by atoms with van der Waals surface area (Å²) in [5.41, 5.74) is 1.13. The van der Waals surface area contributed by atoms with E-state index in [2.05, 4.69) is 33.4 Å². The second-order valence-corrected chi connectivity index (χ2v) is 4.32. The highest BCUT2D eigenvalue weighted by atomic mass is 32.2. The Morgan fingerprint density at radius 1 is 1.18 bits per heavy atom. The van der Waals surface area contributed by atoms with E-state index in [4.69, 9.17) is 0 Å². The van der Waals surface area contributed by atoms with Crippen LogP contribution in [0.1, 0.15) is 0 Å². The van der Waals surface area contributed by atoms with E-state index in [0.717, 1.165) is 11.3 Å². The topological polar surface area (TPSA) is 43.6 Å². The maximum Gasteiger partial charge on any atom is 0.210 e. The minimum atomic E-state index is 0.681. The lowest BCUT2D eigenvalue weighted by Gasteiger charge is -2.04. The summed E-state index contributed by atoms with van der Waals surface area (Å²) in [6.07, 6.45) is 5.61. The number of aromatic nitrogens is 4. The maximum absolute atomic E-state index is 4.44. The largest absolute Gasteiger partial charge is 0.300 e. The monoisotopic (exact) mass is 242 g/mol. The van der Waals surface area contributed by atoms with Crippen molar-refractivity contribution >= 4 is 22.7 Å². The molecular weight excluding hydrogens is 232 g/mol. The van der Waals surface area contributed by atoms with Crippen LogP contribution in [0.25, 0.3) is 16.7 Å². The van der Waals surface area contributed by atoms with Gasteiger partial charge in [0.25, 0.3) is 0 Å². The lowest BCUT2D eigenvalue weighted by atomic mass is 10.2. The van der Waals surface area contributed by atoms with E-state index in [1.165, 1.54) is 17.1 Å². The van der Waals surface area contributed by atoms with Crippen molar-refractivity contribution in [3.05, 3.63) is 42.7 Å². The summed E-state index contributed by atoms with van der Waals surface area (Å²) >= 11 is 1.49. The summed E-state index contributed by atoms with van der Waals surface area (Å²) in [6, 6.07) is 10.3. The number of thioether (sulfide) groups is 1. The summed E-state index contributed by atoms with van der Waals surface area (Å²) in [5, 5.41) is 9.77. The summed E-state index contributed by atoms with van der Waals surface area (Å²) in [6.45, 7) is 0. The van der Waals surface area contributed by atoms with Gasteiger partial charge in [-0.15, -0.1) is 5.10 Å². The van der Waals surface area contributed by atoms with E-state index in [0.29, 0.717) is 5.16 Å². The fraction of sp³-hybridized carbons (Fsp3) is 0.0833. The second-order valence-electron chi connectivity index (χ2n) is 3.55. The molecule has 2 aromatic heterocycles. The highest BCUT2D eigenvalue weighted by molar-refractivity contribution is 7.98. The van der Waals surface area contributed by atoms with Crippen molar-refractivity contribution in [2.45, 2.75) is 5.16 Å². The van der Waals surface area contributed by atoms with Gasteiger partial charge in [0.15, 0.2) is 5.82 Å². The molecule has 0 aliphatic heterocycles. The van der Waals surface area contributed by atoms with Gasteiger partial charge in [0.2, 0.25) is 5.16 Å². The van der Waals surface area contributed by atoms with Crippen LogP contribution in [0.2, 0.25) is 0 Å². The molecule has 0 spiro atoms. The van der Waals surface area contributed by atoms with E-state index >= 15 is 0 Å². The molecule has 0 bridgehead atoms. The van der Waals surface area contributed by atoms with Gasteiger partial charge in [-0.05, 0) is 23.8 Å². The van der Waals surface area contributed by atoms with Gasteiger partial charge in [-0.1, -0.05) is 30.0 Å². The smallest absolute Gasteiger partial charge is 0.210 e. The fourth-order valence-electron chi connectivity index (χ4n) is 1.76. The van der Waals surface area contributed by atoms with Gasteiger partial charge in [0.05, 0.1) is 11.7 Å². The zero-order valence-corrected chi connectivity index (χ0v) is 10.1. The van der Waals surface area contributed by atoms with Gasteiger partial charge >= 0.3 is 0 Å². The van der Waals surface area contributed by atoms with Crippen LogP contribution in [0.3, 0.4) is 0 Å². The minimum Gasteiger partial charge on any atom is -0.300 e. The Balaban J connectivity index is 2.20. The molecule has 0 atom stereocenters. The van der Waals surface area contributed by atoms with E-state index in [-0.39, 0.29) is 0 Å². The van der Waals surface area contributed by atoms with Crippen molar-refractivity contribution in [1.29, 1.82) is 0 Å². The van der Waals surface area contributed by atoms with Crippen molar-refractivity contribution in [1.82, 2.24) is 19.7 Å².